The molecule has 0 aromatic carbocycles. The van der Waals surface area contributed by atoms with E-state index in [2.05, 4.69) is 0 Å². The predicted octanol–water partition coefficient (Wildman–Crippen LogP) is 4.15. The van der Waals surface area contributed by atoms with Gasteiger partial charge >= 0.3 is 8.56 Å². The summed E-state index contributed by atoms with van der Waals surface area (Å²) in [6.07, 6.45) is 2.31. The van der Waals surface area contributed by atoms with Gasteiger partial charge in [0.05, 0.1) is 0 Å². The summed E-state index contributed by atoms with van der Waals surface area (Å²) in [4.78, 5) is 0. The molecule has 0 heterocycles. The van der Waals surface area contributed by atoms with E-state index in [1.165, 1.54) is 0 Å². The molecule has 3 fully saturated rings. The zero-order valence-corrected chi connectivity index (χ0v) is 13.4. The van der Waals surface area contributed by atoms with Crippen molar-refractivity contribution < 1.29 is 22.0 Å². The van der Waals surface area contributed by atoms with Crippen molar-refractivity contribution in [1.82, 2.24) is 0 Å². The molecule has 114 valence electrons. The molecule has 1 atom stereocenters. The van der Waals surface area contributed by atoms with Crippen LogP contribution in [0.4, 0.5) is 13.2 Å². The van der Waals surface area contributed by atoms with Crippen molar-refractivity contribution in [2.45, 2.75) is 57.3 Å². The molecular weight excluding hydrogens is 273 g/mol. The molecule has 3 rings (SSSR count). The summed E-state index contributed by atoms with van der Waals surface area (Å²) in [5, 5.41) is 0. The van der Waals surface area contributed by atoms with Crippen LogP contribution in [0.15, 0.2) is 0 Å². The first-order valence-electron chi connectivity index (χ1n) is 6.75. The van der Waals surface area contributed by atoms with E-state index >= 15 is 0 Å². The molecule has 0 aromatic rings. The molecule has 3 aliphatic carbocycles. The molecule has 0 aromatic heterocycles. The normalized spacial score (nSPS) is 36.6. The summed E-state index contributed by atoms with van der Waals surface area (Å²) in [5.74, 6) is -4.18. The van der Waals surface area contributed by atoms with Gasteiger partial charge in [0.25, 0.3) is 5.92 Å². The van der Waals surface area contributed by atoms with Crippen LogP contribution in [0.2, 0.25) is 13.1 Å². The molecule has 2 bridgehead atoms. The first-order valence-corrected chi connectivity index (χ1v) is 9.57. The third kappa shape index (κ3) is 3.33. The molecular formula is C13H25F3O2Si. The number of hydrogen-bond donors (Lipinski definition) is 0. The lowest BCUT2D eigenvalue weighted by Gasteiger charge is -2.50. The average Bonchev–Trinajstić information content (AvgIpc) is 2.37. The van der Waals surface area contributed by atoms with Crippen LogP contribution in [0.3, 0.4) is 0 Å². The molecule has 3 saturated carbocycles. The van der Waals surface area contributed by atoms with Crippen molar-refractivity contribution in [2.24, 2.45) is 11.8 Å². The molecule has 3 aliphatic rings. The van der Waals surface area contributed by atoms with Gasteiger partial charge in [0.1, 0.15) is 0 Å². The van der Waals surface area contributed by atoms with Crippen LogP contribution >= 0.6 is 0 Å². The van der Waals surface area contributed by atoms with Crippen molar-refractivity contribution in [3.05, 3.63) is 0 Å². The van der Waals surface area contributed by atoms with Gasteiger partial charge in [0.2, 0.25) is 0 Å². The van der Waals surface area contributed by atoms with Crippen molar-refractivity contribution in [2.75, 3.05) is 14.2 Å². The lowest BCUT2D eigenvalue weighted by atomic mass is 9.61. The number of rotatable bonds is 2. The van der Waals surface area contributed by atoms with E-state index in [1.54, 1.807) is 14.2 Å². The number of alkyl halides is 3. The van der Waals surface area contributed by atoms with Gasteiger partial charge in [0.15, 0.2) is 5.67 Å². The highest BCUT2D eigenvalue weighted by Gasteiger charge is 2.65. The minimum atomic E-state index is -3.08. The Morgan fingerprint density at radius 3 is 1.42 bits per heavy atom. The average molecular weight is 298 g/mol. The molecule has 1 unspecified atom stereocenters. The topological polar surface area (TPSA) is 18.5 Å². The van der Waals surface area contributed by atoms with Gasteiger partial charge in [-0.3, -0.25) is 0 Å². The predicted molar refractivity (Wildman–Crippen MR) is 71.4 cm³/mol. The second-order valence-corrected chi connectivity index (χ2v) is 9.67. The second kappa shape index (κ2) is 5.74. The molecule has 2 nitrogen and oxygen atoms in total. The Kier molecular flexibility index (Phi) is 5.13. The summed E-state index contributed by atoms with van der Waals surface area (Å²) in [6.45, 7) is 5.06. The number of fused-ring (bicyclic) bond motifs is 3. The lowest BCUT2D eigenvalue weighted by Crippen LogP contribution is -2.58. The summed E-state index contributed by atoms with van der Waals surface area (Å²) >= 11 is 0. The molecule has 0 aliphatic heterocycles. The first-order chi connectivity index (χ1) is 8.58. The van der Waals surface area contributed by atoms with Crippen molar-refractivity contribution in [1.29, 1.82) is 0 Å². The van der Waals surface area contributed by atoms with Crippen LogP contribution in [0.25, 0.3) is 0 Å². The van der Waals surface area contributed by atoms with Gasteiger partial charge in [-0.25, -0.2) is 13.2 Å². The van der Waals surface area contributed by atoms with E-state index in [4.69, 9.17) is 8.85 Å². The van der Waals surface area contributed by atoms with Gasteiger partial charge in [-0.05, 0) is 51.6 Å². The highest BCUT2D eigenvalue weighted by atomic mass is 28.4. The van der Waals surface area contributed by atoms with Gasteiger partial charge < -0.3 is 8.85 Å². The maximum absolute atomic E-state index is 13.6. The Morgan fingerprint density at radius 1 is 0.895 bits per heavy atom. The Morgan fingerprint density at radius 2 is 1.26 bits per heavy atom. The minimum absolute atomic E-state index is 0.405. The van der Waals surface area contributed by atoms with Crippen LogP contribution < -0.4 is 0 Å². The molecule has 6 heteroatoms. The van der Waals surface area contributed by atoms with Crippen LogP contribution in [-0.4, -0.2) is 34.4 Å². The van der Waals surface area contributed by atoms with Crippen LogP contribution in [0.1, 0.15) is 32.6 Å². The van der Waals surface area contributed by atoms with E-state index < -0.39 is 32.0 Å². The molecule has 0 spiro atoms. The number of halogens is 3. The highest BCUT2D eigenvalue weighted by molar-refractivity contribution is 6.64. The maximum atomic E-state index is 13.6. The molecule has 0 amide bonds. The van der Waals surface area contributed by atoms with E-state index in [-0.39, 0.29) is 0 Å². The monoisotopic (exact) mass is 298 g/mol. The van der Waals surface area contributed by atoms with Gasteiger partial charge in [-0.15, -0.1) is 0 Å². The van der Waals surface area contributed by atoms with Gasteiger partial charge in [-0.2, -0.15) is 0 Å². The fourth-order valence-electron chi connectivity index (χ4n) is 2.75. The van der Waals surface area contributed by atoms with Crippen LogP contribution in [0, 0.1) is 11.8 Å². The number of hydrogen-bond acceptors (Lipinski definition) is 2. The fraction of sp³-hybridized carbons (Fsp3) is 1.00. The minimum Gasteiger partial charge on any atom is -0.398 e. The summed E-state index contributed by atoms with van der Waals surface area (Å²) in [7, 11) is 1.70. The summed E-state index contributed by atoms with van der Waals surface area (Å²) < 4.78 is 50.2. The molecule has 0 N–H and O–H groups in total. The van der Waals surface area contributed by atoms with E-state index in [1.807, 2.05) is 13.1 Å². The fourth-order valence-corrected chi connectivity index (χ4v) is 2.92. The van der Waals surface area contributed by atoms with E-state index in [0.29, 0.717) is 25.7 Å². The highest BCUT2D eigenvalue weighted by Crippen LogP contribution is 2.57. The SMILES string of the molecule is CC1(F)C2CCC(CC2)C1(F)F.CO[Si](C)(C)OC. The first kappa shape index (κ1) is 17.0. The quantitative estimate of drug-likeness (QED) is 0.713. The Labute approximate surface area is 114 Å². The van der Waals surface area contributed by atoms with Crippen LogP contribution in [-0.2, 0) is 8.85 Å². The zero-order valence-electron chi connectivity index (χ0n) is 12.4. The summed E-state index contributed by atoms with van der Waals surface area (Å²) in [6, 6.07) is 0. The van der Waals surface area contributed by atoms with Gasteiger partial charge in [-0.1, -0.05) is 0 Å². The molecule has 0 radical (unpaired) electrons. The second-order valence-electron chi connectivity index (χ2n) is 6.06. The van der Waals surface area contributed by atoms with Crippen molar-refractivity contribution >= 4 is 8.56 Å². The van der Waals surface area contributed by atoms with E-state index in [0.717, 1.165) is 6.92 Å². The Balaban J connectivity index is 0.000000224. The Bertz CT molecular complexity index is 272. The van der Waals surface area contributed by atoms with Crippen molar-refractivity contribution in [3.8, 4) is 0 Å². The standard InChI is InChI=1S/C9H13F3.C4H12O2Si/c1-8(10)6-2-4-7(5-3-6)9(8,11)12;1-5-7(3,4)6-2/h6-7H,2-5H2,1H3;1-4H3. The lowest BCUT2D eigenvalue weighted by molar-refractivity contribution is -0.237. The van der Waals surface area contributed by atoms with E-state index in [9.17, 15) is 13.2 Å². The Hall–Kier alpha value is -0.0731. The van der Waals surface area contributed by atoms with Crippen molar-refractivity contribution in [3.63, 3.8) is 0 Å². The molecule has 19 heavy (non-hydrogen) atoms. The zero-order chi connectivity index (χ0) is 14.9. The molecule has 0 saturated heterocycles. The summed E-state index contributed by atoms with van der Waals surface area (Å²) in [5.41, 5.74) is -2.24. The maximum Gasteiger partial charge on any atom is 0.331 e. The largest absolute Gasteiger partial charge is 0.398 e. The third-order valence-electron chi connectivity index (χ3n) is 4.64. The smallest absolute Gasteiger partial charge is 0.331 e. The van der Waals surface area contributed by atoms with Gasteiger partial charge in [0, 0.05) is 20.1 Å². The third-order valence-corrected chi connectivity index (χ3v) is 6.61. The van der Waals surface area contributed by atoms with Crippen LogP contribution in [0.5, 0.6) is 0 Å².